The van der Waals surface area contributed by atoms with E-state index in [1.54, 1.807) is 36.2 Å². The number of hydrogen-bond acceptors (Lipinski definition) is 4. The van der Waals surface area contributed by atoms with Crippen LogP contribution in [-0.2, 0) is 11.3 Å². The number of carbonyl (C=O) groups is 1. The van der Waals surface area contributed by atoms with E-state index in [9.17, 15) is 4.79 Å². The van der Waals surface area contributed by atoms with E-state index < -0.39 is 0 Å². The SMILES string of the molecule is CCSc1ccc(C2C=C(C(=O)NCc3ccc(C#N)cc3Cl)C=NC2)cc1. The number of benzene rings is 2. The summed E-state index contributed by atoms with van der Waals surface area (Å²) in [6.07, 6.45) is 3.58. The second-order valence-corrected chi connectivity index (χ2v) is 8.07. The van der Waals surface area contributed by atoms with Gasteiger partial charge >= 0.3 is 0 Å². The molecule has 1 aliphatic heterocycles. The van der Waals surface area contributed by atoms with Crippen LogP contribution in [0.3, 0.4) is 0 Å². The largest absolute Gasteiger partial charge is 0.348 e. The molecule has 1 unspecified atom stereocenters. The molecule has 0 radical (unpaired) electrons. The third kappa shape index (κ3) is 5.03. The Bertz CT molecular complexity index is 961. The highest BCUT2D eigenvalue weighted by molar-refractivity contribution is 7.99. The van der Waals surface area contributed by atoms with E-state index in [2.05, 4.69) is 41.5 Å². The monoisotopic (exact) mass is 409 g/mol. The molecule has 2 aromatic carbocycles. The minimum atomic E-state index is -0.188. The molecule has 1 aliphatic rings. The standard InChI is InChI=1S/C22H20ClN3OS/c1-2-28-20-7-5-16(6-8-20)18-10-19(13-25-12-18)22(27)26-14-17-4-3-15(11-24)9-21(17)23/h3-10,13,18H,2,12,14H2,1H3,(H,26,27). The summed E-state index contributed by atoms with van der Waals surface area (Å²) < 4.78 is 0. The molecule has 0 saturated heterocycles. The van der Waals surface area contributed by atoms with Crippen molar-refractivity contribution in [1.82, 2.24) is 5.32 Å². The number of nitrogens with one attached hydrogen (secondary N) is 1. The van der Waals surface area contributed by atoms with Crippen molar-refractivity contribution in [3.8, 4) is 6.07 Å². The second-order valence-electron chi connectivity index (χ2n) is 6.33. The molecule has 0 spiro atoms. The van der Waals surface area contributed by atoms with E-state index in [1.165, 1.54) is 4.90 Å². The highest BCUT2D eigenvalue weighted by Crippen LogP contribution is 2.25. The summed E-state index contributed by atoms with van der Waals surface area (Å²) in [6.45, 7) is 3.06. The van der Waals surface area contributed by atoms with Crippen LogP contribution in [0.4, 0.5) is 0 Å². The zero-order chi connectivity index (χ0) is 19.9. The molecule has 3 rings (SSSR count). The van der Waals surface area contributed by atoms with Crippen molar-refractivity contribution in [2.24, 2.45) is 4.99 Å². The highest BCUT2D eigenvalue weighted by Gasteiger charge is 2.17. The van der Waals surface area contributed by atoms with Crippen LogP contribution in [0.5, 0.6) is 0 Å². The lowest BCUT2D eigenvalue weighted by Crippen LogP contribution is -2.27. The number of hydrogen-bond donors (Lipinski definition) is 1. The van der Waals surface area contributed by atoms with Crippen molar-refractivity contribution < 1.29 is 4.79 Å². The number of amides is 1. The number of aliphatic imine (C=N–C) groups is 1. The number of halogens is 1. The van der Waals surface area contributed by atoms with Crippen LogP contribution >= 0.6 is 23.4 Å². The molecule has 0 aromatic heterocycles. The third-order valence-corrected chi connectivity index (χ3v) is 5.66. The van der Waals surface area contributed by atoms with Crippen LogP contribution in [0.25, 0.3) is 0 Å². The first-order valence-electron chi connectivity index (χ1n) is 9.02. The average molecular weight is 410 g/mol. The first-order chi connectivity index (χ1) is 13.6. The molecule has 6 heteroatoms. The van der Waals surface area contributed by atoms with Gasteiger partial charge in [-0.05, 0) is 41.1 Å². The highest BCUT2D eigenvalue weighted by atomic mass is 35.5. The third-order valence-electron chi connectivity index (χ3n) is 4.42. The molecule has 0 saturated carbocycles. The molecule has 1 atom stereocenters. The number of nitrogens with zero attached hydrogens (tertiary/aromatic N) is 2. The Hall–Kier alpha value is -2.55. The fourth-order valence-corrected chi connectivity index (χ4v) is 3.84. The Morgan fingerprint density at radius 2 is 2.11 bits per heavy atom. The number of rotatable bonds is 6. The number of nitriles is 1. The molecule has 1 N–H and O–H groups in total. The Morgan fingerprint density at radius 3 is 2.79 bits per heavy atom. The fourth-order valence-electron chi connectivity index (χ4n) is 2.93. The number of dihydropyridines is 1. The number of carbonyl (C=O) groups excluding carboxylic acids is 1. The lowest BCUT2D eigenvalue weighted by atomic mass is 9.95. The minimum absolute atomic E-state index is 0.0879. The first-order valence-corrected chi connectivity index (χ1v) is 10.4. The van der Waals surface area contributed by atoms with E-state index in [0.717, 1.165) is 16.9 Å². The van der Waals surface area contributed by atoms with Crippen molar-refractivity contribution >= 4 is 35.5 Å². The van der Waals surface area contributed by atoms with Crippen LogP contribution in [0, 0.1) is 11.3 Å². The first kappa shape index (κ1) is 20.2. The smallest absolute Gasteiger partial charge is 0.252 e. The van der Waals surface area contributed by atoms with Gasteiger partial charge in [0.2, 0.25) is 0 Å². The summed E-state index contributed by atoms with van der Waals surface area (Å²) in [4.78, 5) is 18.2. The van der Waals surface area contributed by atoms with Gasteiger partial charge < -0.3 is 5.32 Å². The van der Waals surface area contributed by atoms with Gasteiger partial charge in [0.15, 0.2) is 0 Å². The number of thioether (sulfide) groups is 1. The van der Waals surface area contributed by atoms with Gasteiger partial charge in [-0.15, -0.1) is 11.8 Å². The molecule has 2 aromatic rings. The van der Waals surface area contributed by atoms with Gasteiger partial charge in [-0.1, -0.05) is 42.8 Å². The molecular weight excluding hydrogens is 390 g/mol. The summed E-state index contributed by atoms with van der Waals surface area (Å²) >= 11 is 7.98. The van der Waals surface area contributed by atoms with E-state index in [1.807, 2.05) is 12.1 Å². The topological polar surface area (TPSA) is 65.2 Å². The maximum Gasteiger partial charge on any atom is 0.252 e. The Kier molecular flexibility index (Phi) is 6.91. The van der Waals surface area contributed by atoms with Crippen molar-refractivity contribution in [2.45, 2.75) is 24.3 Å². The zero-order valence-electron chi connectivity index (χ0n) is 15.5. The summed E-state index contributed by atoms with van der Waals surface area (Å²) in [7, 11) is 0. The van der Waals surface area contributed by atoms with Gasteiger partial charge in [0, 0.05) is 35.1 Å². The van der Waals surface area contributed by atoms with Gasteiger partial charge in [-0.2, -0.15) is 5.26 Å². The van der Waals surface area contributed by atoms with Gasteiger partial charge in [-0.3, -0.25) is 9.79 Å². The van der Waals surface area contributed by atoms with Crippen LogP contribution < -0.4 is 5.32 Å². The van der Waals surface area contributed by atoms with E-state index >= 15 is 0 Å². The van der Waals surface area contributed by atoms with Crippen LogP contribution in [-0.4, -0.2) is 24.4 Å². The van der Waals surface area contributed by atoms with Crippen molar-refractivity contribution in [3.63, 3.8) is 0 Å². The van der Waals surface area contributed by atoms with Crippen molar-refractivity contribution in [2.75, 3.05) is 12.3 Å². The zero-order valence-corrected chi connectivity index (χ0v) is 17.1. The molecule has 1 amide bonds. The average Bonchev–Trinajstić information content (AvgIpc) is 2.73. The van der Waals surface area contributed by atoms with Crippen LogP contribution in [0.2, 0.25) is 5.02 Å². The van der Waals surface area contributed by atoms with Crippen LogP contribution in [0.1, 0.15) is 29.5 Å². The fraction of sp³-hybridized carbons (Fsp3) is 0.227. The Morgan fingerprint density at radius 1 is 1.32 bits per heavy atom. The lowest BCUT2D eigenvalue weighted by Gasteiger charge is -2.17. The van der Waals surface area contributed by atoms with Gasteiger partial charge in [0.1, 0.15) is 0 Å². The van der Waals surface area contributed by atoms with Crippen molar-refractivity contribution in [3.05, 3.63) is 75.8 Å². The molecule has 0 fully saturated rings. The molecule has 0 aliphatic carbocycles. The summed E-state index contributed by atoms with van der Waals surface area (Å²) in [6, 6.07) is 15.5. The Balaban J connectivity index is 1.66. The van der Waals surface area contributed by atoms with E-state index in [0.29, 0.717) is 29.2 Å². The summed E-state index contributed by atoms with van der Waals surface area (Å²) in [5.74, 6) is 0.942. The van der Waals surface area contributed by atoms with Gasteiger partial charge in [0.05, 0.1) is 17.2 Å². The maximum absolute atomic E-state index is 12.6. The maximum atomic E-state index is 12.6. The molecule has 0 bridgehead atoms. The molecule has 142 valence electrons. The quantitative estimate of drug-likeness (QED) is 0.701. The molecule has 28 heavy (non-hydrogen) atoms. The minimum Gasteiger partial charge on any atom is -0.348 e. The van der Waals surface area contributed by atoms with Gasteiger partial charge in [-0.25, -0.2) is 0 Å². The predicted molar refractivity (Wildman–Crippen MR) is 115 cm³/mol. The molecule has 4 nitrogen and oxygen atoms in total. The summed E-state index contributed by atoms with van der Waals surface area (Å²) in [5.41, 5.74) is 2.96. The van der Waals surface area contributed by atoms with E-state index in [4.69, 9.17) is 16.9 Å². The summed E-state index contributed by atoms with van der Waals surface area (Å²) in [5, 5.41) is 12.2. The molecule has 1 heterocycles. The van der Waals surface area contributed by atoms with Gasteiger partial charge in [0.25, 0.3) is 5.91 Å². The molecular formula is C22H20ClN3OS. The second kappa shape index (κ2) is 9.59. The normalized spacial score (nSPS) is 15.6. The lowest BCUT2D eigenvalue weighted by molar-refractivity contribution is -0.117. The van der Waals surface area contributed by atoms with Crippen molar-refractivity contribution in [1.29, 1.82) is 5.26 Å². The van der Waals surface area contributed by atoms with E-state index in [-0.39, 0.29) is 11.8 Å². The predicted octanol–water partition coefficient (Wildman–Crippen LogP) is 4.73. The Labute approximate surface area is 174 Å². The van der Waals surface area contributed by atoms with Crippen LogP contribution in [0.15, 0.2) is 64.0 Å².